The zero-order valence-electron chi connectivity index (χ0n) is 34.6. The smallest absolute Gasteiger partial charge is 0.151 e. The van der Waals surface area contributed by atoms with Gasteiger partial charge in [0.2, 0.25) is 0 Å². The first kappa shape index (κ1) is 40.5. The molecule has 6 N–H and O–H groups in total. The van der Waals surface area contributed by atoms with Crippen LogP contribution in [0.15, 0.2) is 48.5 Å². The van der Waals surface area contributed by atoms with Gasteiger partial charge in [0.1, 0.15) is 34.6 Å². The first-order chi connectivity index (χ1) is 26.3. The normalized spacial score (nSPS) is 15.3. The van der Waals surface area contributed by atoms with Crippen molar-refractivity contribution in [2.75, 3.05) is 27.2 Å². The number of amidine groups is 2. The molecule has 2 aromatic carbocycles. The lowest BCUT2D eigenvalue weighted by Crippen LogP contribution is -2.39. The highest BCUT2D eigenvalue weighted by atomic mass is 16.3. The summed E-state index contributed by atoms with van der Waals surface area (Å²) < 4.78 is 0. The zero-order chi connectivity index (χ0) is 40.9. The van der Waals surface area contributed by atoms with Crippen molar-refractivity contribution in [2.45, 2.75) is 104 Å². The van der Waals surface area contributed by atoms with Crippen LogP contribution in [0.2, 0.25) is 0 Å². The molecule has 11 heteroatoms. The Hall–Kier alpha value is -5.13. The van der Waals surface area contributed by atoms with Crippen LogP contribution >= 0.6 is 0 Å². The van der Waals surface area contributed by atoms with Gasteiger partial charge in [-0.15, -0.1) is 0 Å². The average Bonchev–Trinajstić information content (AvgIpc) is 3.60. The maximum atomic E-state index is 15.9. The first-order valence-corrected chi connectivity index (χ1v) is 19.5. The fraction of sp³-hybridized carbons (Fsp3) is 0.444. The SMILES string of the molecule is CNCc1cc(C(CN2Cc3ccc(C)nc3C2=N)C(=O)C(CN2Cc3ccc(C)nc3C2=N)c2cc(CNC)c(O)c(C(C)(C)C)c2)cc(C(C)(C)C)c1O. The van der Waals surface area contributed by atoms with Gasteiger partial charge in [0, 0.05) is 72.9 Å². The van der Waals surface area contributed by atoms with Gasteiger partial charge in [-0.25, -0.2) is 9.97 Å². The van der Waals surface area contributed by atoms with Gasteiger partial charge in [-0.3, -0.25) is 15.6 Å². The molecule has 0 fully saturated rings. The van der Waals surface area contributed by atoms with E-state index < -0.39 is 22.7 Å². The Bertz CT molecular complexity index is 2050. The highest BCUT2D eigenvalue weighted by Crippen LogP contribution is 2.42. The van der Waals surface area contributed by atoms with Crippen LogP contribution < -0.4 is 10.6 Å². The summed E-state index contributed by atoms with van der Waals surface area (Å²) in [6.45, 7) is 18.2. The van der Waals surface area contributed by atoms with E-state index in [9.17, 15) is 21.0 Å². The number of phenols is 2. The molecule has 0 saturated carbocycles. The van der Waals surface area contributed by atoms with Crippen LogP contribution in [0.5, 0.6) is 11.5 Å². The highest BCUT2D eigenvalue weighted by Gasteiger charge is 2.39. The van der Waals surface area contributed by atoms with Crippen LogP contribution in [-0.2, 0) is 41.8 Å². The number of nitrogens with zero attached hydrogens (tertiary/aromatic N) is 4. The maximum absolute atomic E-state index is 15.9. The second kappa shape index (κ2) is 15.4. The Balaban J connectivity index is 1.55. The molecule has 296 valence electrons. The van der Waals surface area contributed by atoms with Crippen molar-refractivity contribution < 1.29 is 15.0 Å². The minimum Gasteiger partial charge on any atom is -0.507 e. The number of hydrogen-bond donors (Lipinski definition) is 6. The third-order valence-electron chi connectivity index (χ3n) is 11.1. The van der Waals surface area contributed by atoms with Crippen LogP contribution in [0, 0.1) is 24.7 Å². The molecule has 2 aliphatic rings. The number of aryl methyl sites for hydroxylation is 2. The van der Waals surface area contributed by atoms with Crippen molar-refractivity contribution >= 4 is 17.5 Å². The van der Waals surface area contributed by atoms with Crippen molar-refractivity contribution in [3.05, 3.63) is 116 Å². The summed E-state index contributed by atoms with van der Waals surface area (Å²) in [5, 5.41) is 48.0. The zero-order valence-corrected chi connectivity index (χ0v) is 34.6. The second-order valence-electron chi connectivity index (χ2n) is 17.6. The standard InChI is InChI=1S/C45H58N8O3/c1-25-11-13-27-21-52(42(46)37(27)50-25)23-33(29-15-31(19-48-9)39(54)35(17-29)44(3,4)5)41(56)34(24-53-22-28-14-12-26(2)51-38(28)43(53)47)30-16-32(20-49-10)40(55)36(18-30)45(6,7)8/h11-18,33-34,46-49,54-55H,19-24H2,1-10H3. The van der Waals surface area contributed by atoms with E-state index in [-0.39, 0.29) is 42.0 Å². The van der Waals surface area contributed by atoms with E-state index >= 15 is 4.79 Å². The molecule has 0 bridgehead atoms. The number of carbonyl (C=O) groups excluding carboxylic acids is 1. The number of Topliss-reactive ketones (excluding diaryl/α,β-unsaturated/α-hetero) is 1. The van der Waals surface area contributed by atoms with E-state index in [1.807, 2.05) is 86.3 Å². The summed E-state index contributed by atoms with van der Waals surface area (Å²) in [6, 6.07) is 15.7. The van der Waals surface area contributed by atoms with Gasteiger partial charge in [0.25, 0.3) is 0 Å². The number of aromatic hydroxyl groups is 2. The van der Waals surface area contributed by atoms with Crippen LogP contribution in [0.1, 0.15) is 121 Å². The summed E-state index contributed by atoms with van der Waals surface area (Å²) in [6.07, 6.45) is 0. The quantitative estimate of drug-likeness (QED) is 0.0929. The van der Waals surface area contributed by atoms with Crippen molar-refractivity contribution in [2.24, 2.45) is 0 Å². The number of nitrogens with one attached hydrogen (secondary N) is 4. The molecule has 56 heavy (non-hydrogen) atoms. The van der Waals surface area contributed by atoms with Gasteiger partial charge in [-0.1, -0.05) is 77.9 Å². The van der Waals surface area contributed by atoms with E-state index in [1.165, 1.54) is 0 Å². The van der Waals surface area contributed by atoms with E-state index in [4.69, 9.17) is 9.97 Å². The van der Waals surface area contributed by atoms with Gasteiger partial charge < -0.3 is 30.6 Å². The number of hydrogen-bond acceptors (Lipinski definition) is 9. The van der Waals surface area contributed by atoms with E-state index in [0.29, 0.717) is 48.7 Å². The fourth-order valence-corrected chi connectivity index (χ4v) is 8.05. The van der Waals surface area contributed by atoms with Crippen molar-refractivity contribution in [3.63, 3.8) is 0 Å². The van der Waals surface area contributed by atoms with Crippen LogP contribution in [0.3, 0.4) is 0 Å². The topological polar surface area (TPSA) is 162 Å². The van der Waals surface area contributed by atoms with Crippen molar-refractivity contribution in [1.82, 2.24) is 30.4 Å². The average molecular weight is 759 g/mol. The molecule has 0 radical (unpaired) electrons. The number of carbonyl (C=O) groups is 1. The molecule has 2 unspecified atom stereocenters. The van der Waals surface area contributed by atoms with Crippen LogP contribution in [-0.4, -0.2) is 74.6 Å². The van der Waals surface area contributed by atoms with Gasteiger partial charge in [0.15, 0.2) is 5.78 Å². The number of fused-ring (bicyclic) bond motifs is 2. The number of rotatable bonds is 12. The van der Waals surface area contributed by atoms with Crippen LogP contribution in [0.25, 0.3) is 0 Å². The Kier molecular flexibility index (Phi) is 11.2. The lowest BCUT2D eigenvalue weighted by molar-refractivity contribution is -0.122. The third kappa shape index (κ3) is 7.93. The summed E-state index contributed by atoms with van der Waals surface area (Å²) in [5.41, 5.74) is 8.28. The largest absolute Gasteiger partial charge is 0.507 e. The second-order valence-corrected chi connectivity index (χ2v) is 17.6. The predicted octanol–water partition coefficient (Wildman–Crippen LogP) is 6.66. The first-order valence-electron chi connectivity index (χ1n) is 19.5. The number of aromatic nitrogens is 2. The number of benzene rings is 2. The van der Waals surface area contributed by atoms with Crippen molar-refractivity contribution in [3.8, 4) is 11.5 Å². The number of ketones is 1. The third-order valence-corrected chi connectivity index (χ3v) is 11.1. The van der Waals surface area contributed by atoms with Gasteiger partial charge in [0.05, 0.1) is 11.8 Å². The summed E-state index contributed by atoms with van der Waals surface area (Å²) in [7, 11) is 3.66. The van der Waals surface area contributed by atoms with Gasteiger partial charge in [-0.05, 0) is 73.2 Å². The molecule has 6 rings (SSSR count). The molecule has 0 aliphatic carbocycles. The van der Waals surface area contributed by atoms with E-state index in [2.05, 4.69) is 52.2 Å². The lowest BCUT2D eigenvalue weighted by atomic mass is 9.77. The van der Waals surface area contributed by atoms with Gasteiger partial charge >= 0.3 is 0 Å². The molecule has 4 heterocycles. The van der Waals surface area contributed by atoms with Crippen molar-refractivity contribution in [1.29, 1.82) is 10.8 Å². The molecule has 11 nitrogen and oxygen atoms in total. The van der Waals surface area contributed by atoms with E-state index in [0.717, 1.165) is 44.8 Å². The summed E-state index contributed by atoms with van der Waals surface area (Å²) in [4.78, 5) is 29.2. The highest BCUT2D eigenvalue weighted by molar-refractivity contribution is 6.01. The molecule has 0 amide bonds. The Labute approximate surface area is 331 Å². The Morgan fingerprint density at radius 2 is 1.07 bits per heavy atom. The Morgan fingerprint density at radius 1 is 0.696 bits per heavy atom. The predicted molar refractivity (Wildman–Crippen MR) is 222 cm³/mol. The molecule has 2 atom stereocenters. The molecule has 2 aliphatic heterocycles. The molecular weight excluding hydrogens is 701 g/mol. The molecule has 0 spiro atoms. The fourth-order valence-electron chi connectivity index (χ4n) is 8.05. The molecule has 2 aromatic heterocycles. The summed E-state index contributed by atoms with van der Waals surface area (Å²) >= 11 is 0. The molecular formula is C45H58N8O3. The Morgan fingerprint density at radius 3 is 1.41 bits per heavy atom. The maximum Gasteiger partial charge on any atom is 0.151 e. The minimum absolute atomic E-state index is 0.0762. The number of phenolic OH excluding ortho intramolecular Hbond substituents is 2. The number of pyridine rings is 2. The minimum atomic E-state index is -0.743. The van der Waals surface area contributed by atoms with E-state index in [1.54, 1.807) is 0 Å². The van der Waals surface area contributed by atoms with Crippen LogP contribution in [0.4, 0.5) is 0 Å². The summed E-state index contributed by atoms with van der Waals surface area (Å²) in [5.74, 6) is -0.604. The molecule has 0 saturated heterocycles. The monoisotopic (exact) mass is 758 g/mol. The van der Waals surface area contributed by atoms with Gasteiger partial charge in [-0.2, -0.15) is 0 Å². The lowest BCUT2D eigenvalue weighted by Gasteiger charge is -2.33. The molecule has 4 aromatic rings.